The normalized spacial score (nSPS) is 19.6. The zero-order chi connectivity index (χ0) is 14.3. The third-order valence-corrected chi connectivity index (χ3v) is 4.13. The number of furan rings is 1. The molecule has 1 saturated carbocycles. The summed E-state index contributed by atoms with van der Waals surface area (Å²) in [5, 5.41) is 4.00. The van der Waals surface area contributed by atoms with Gasteiger partial charge in [0.05, 0.1) is 11.6 Å². The predicted molar refractivity (Wildman–Crippen MR) is 78.1 cm³/mol. The standard InChI is InChI=1S/C16H20N2O2/c1-10(18-15(19)16(2,17)12-7-8-12)14-9-11-5-3-4-6-13(11)20-14/h3-6,9-10,12H,7-8,17H2,1-2H3,(H,18,19). The molecule has 1 aromatic carbocycles. The first-order chi connectivity index (χ1) is 9.48. The second kappa shape index (κ2) is 4.63. The molecule has 4 nitrogen and oxygen atoms in total. The molecule has 20 heavy (non-hydrogen) atoms. The fourth-order valence-electron chi connectivity index (χ4n) is 2.51. The van der Waals surface area contributed by atoms with Gasteiger partial charge in [0.1, 0.15) is 11.3 Å². The molecule has 3 rings (SSSR count). The number of nitrogens with two attached hydrogens (primary N) is 1. The van der Waals surface area contributed by atoms with E-state index in [2.05, 4.69) is 5.32 Å². The van der Waals surface area contributed by atoms with Crippen LogP contribution in [0.5, 0.6) is 0 Å². The molecule has 1 heterocycles. The average Bonchev–Trinajstić information content (AvgIpc) is 3.18. The van der Waals surface area contributed by atoms with Crippen molar-refractivity contribution in [3.05, 3.63) is 36.1 Å². The van der Waals surface area contributed by atoms with Gasteiger partial charge < -0.3 is 15.5 Å². The number of amides is 1. The molecular weight excluding hydrogens is 252 g/mol. The van der Waals surface area contributed by atoms with Crippen molar-refractivity contribution >= 4 is 16.9 Å². The van der Waals surface area contributed by atoms with Gasteiger partial charge in [-0.2, -0.15) is 0 Å². The fraction of sp³-hybridized carbons (Fsp3) is 0.438. The maximum Gasteiger partial charge on any atom is 0.240 e. The van der Waals surface area contributed by atoms with Crippen LogP contribution in [0, 0.1) is 5.92 Å². The largest absolute Gasteiger partial charge is 0.459 e. The Bertz CT molecular complexity index is 608. The van der Waals surface area contributed by atoms with Crippen LogP contribution in [0.4, 0.5) is 0 Å². The molecule has 4 heteroatoms. The summed E-state index contributed by atoms with van der Waals surface area (Å²) in [5.41, 5.74) is 6.18. The number of carbonyl (C=O) groups excluding carboxylic acids is 1. The summed E-state index contributed by atoms with van der Waals surface area (Å²) in [6, 6.07) is 9.60. The number of hydrogen-bond donors (Lipinski definition) is 2. The minimum Gasteiger partial charge on any atom is -0.459 e. The molecule has 0 spiro atoms. The number of rotatable bonds is 4. The van der Waals surface area contributed by atoms with Crippen LogP contribution >= 0.6 is 0 Å². The van der Waals surface area contributed by atoms with Crippen molar-refractivity contribution < 1.29 is 9.21 Å². The van der Waals surface area contributed by atoms with Crippen LogP contribution in [-0.4, -0.2) is 11.4 Å². The van der Waals surface area contributed by atoms with Crippen LogP contribution in [0.2, 0.25) is 0 Å². The Morgan fingerprint density at radius 3 is 2.80 bits per heavy atom. The van der Waals surface area contributed by atoms with Crippen molar-refractivity contribution in [2.24, 2.45) is 11.7 Å². The first kappa shape index (κ1) is 13.2. The van der Waals surface area contributed by atoms with Crippen LogP contribution in [0.1, 0.15) is 38.5 Å². The van der Waals surface area contributed by atoms with Gasteiger partial charge in [0.2, 0.25) is 5.91 Å². The maximum absolute atomic E-state index is 12.3. The Hall–Kier alpha value is -1.81. The highest BCUT2D eigenvalue weighted by Crippen LogP contribution is 2.38. The molecule has 0 saturated heterocycles. The average molecular weight is 272 g/mol. The molecule has 1 aliphatic carbocycles. The van der Waals surface area contributed by atoms with Gasteiger partial charge in [-0.05, 0) is 44.7 Å². The van der Waals surface area contributed by atoms with Crippen molar-refractivity contribution in [2.75, 3.05) is 0 Å². The number of benzene rings is 1. The summed E-state index contributed by atoms with van der Waals surface area (Å²) < 4.78 is 5.76. The van der Waals surface area contributed by atoms with Crippen LogP contribution in [-0.2, 0) is 4.79 Å². The summed E-state index contributed by atoms with van der Waals surface area (Å²) in [5.74, 6) is 0.962. The lowest BCUT2D eigenvalue weighted by Gasteiger charge is -2.25. The number of hydrogen-bond acceptors (Lipinski definition) is 3. The van der Waals surface area contributed by atoms with Crippen molar-refractivity contribution in [1.29, 1.82) is 0 Å². The van der Waals surface area contributed by atoms with Crippen LogP contribution in [0.25, 0.3) is 11.0 Å². The van der Waals surface area contributed by atoms with E-state index in [4.69, 9.17) is 10.2 Å². The van der Waals surface area contributed by atoms with Crippen molar-refractivity contribution in [3.8, 4) is 0 Å². The molecule has 1 amide bonds. The van der Waals surface area contributed by atoms with Gasteiger partial charge in [-0.15, -0.1) is 0 Å². The molecule has 2 atom stereocenters. The smallest absolute Gasteiger partial charge is 0.240 e. The zero-order valence-corrected chi connectivity index (χ0v) is 11.8. The van der Waals surface area contributed by atoms with E-state index < -0.39 is 5.54 Å². The fourth-order valence-corrected chi connectivity index (χ4v) is 2.51. The summed E-state index contributed by atoms with van der Waals surface area (Å²) in [7, 11) is 0. The molecule has 0 aliphatic heterocycles. The third-order valence-electron chi connectivity index (χ3n) is 4.13. The summed E-state index contributed by atoms with van der Waals surface area (Å²) in [6.07, 6.45) is 2.08. The predicted octanol–water partition coefficient (Wildman–Crippen LogP) is 2.74. The first-order valence-corrected chi connectivity index (χ1v) is 7.07. The molecule has 1 aliphatic rings. The van der Waals surface area contributed by atoms with Gasteiger partial charge in [0, 0.05) is 5.39 Å². The molecular formula is C16H20N2O2. The SMILES string of the molecule is CC(NC(=O)C(C)(N)C1CC1)c1cc2ccccc2o1. The van der Waals surface area contributed by atoms with Crippen molar-refractivity contribution in [3.63, 3.8) is 0 Å². The van der Waals surface area contributed by atoms with E-state index in [1.54, 1.807) is 0 Å². The quantitative estimate of drug-likeness (QED) is 0.899. The Balaban J connectivity index is 1.75. The molecule has 106 valence electrons. The Morgan fingerprint density at radius 1 is 1.45 bits per heavy atom. The number of fused-ring (bicyclic) bond motifs is 1. The number of carbonyl (C=O) groups is 1. The van der Waals surface area contributed by atoms with Crippen LogP contribution in [0.3, 0.4) is 0 Å². The minimum atomic E-state index is -0.778. The van der Waals surface area contributed by atoms with E-state index >= 15 is 0 Å². The maximum atomic E-state index is 12.3. The van der Waals surface area contributed by atoms with Crippen molar-refractivity contribution in [1.82, 2.24) is 5.32 Å². The molecule has 1 aromatic heterocycles. The number of nitrogens with one attached hydrogen (secondary N) is 1. The van der Waals surface area contributed by atoms with Crippen LogP contribution < -0.4 is 11.1 Å². The monoisotopic (exact) mass is 272 g/mol. The topological polar surface area (TPSA) is 68.3 Å². The van der Waals surface area contributed by atoms with Gasteiger partial charge in [0.15, 0.2) is 0 Å². The Morgan fingerprint density at radius 2 is 2.15 bits per heavy atom. The molecule has 2 aromatic rings. The van der Waals surface area contributed by atoms with Gasteiger partial charge in [-0.25, -0.2) is 0 Å². The highest BCUT2D eigenvalue weighted by atomic mass is 16.3. The van der Waals surface area contributed by atoms with E-state index in [1.807, 2.05) is 44.2 Å². The van der Waals surface area contributed by atoms with E-state index in [1.165, 1.54) is 0 Å². The van der Waals surface area contributed by atoms with Crippen LogP contribution in [0.15, 0.2) is 34.7 Å². The molecule has 0 bridgehead atoms. The molecule has 3 N–H and O–H groups in total. The third kappa shape index (κ3) is 2.31. The molecule has 1 fully saturated rings. The second-order valence-electron chi connectivity index (χ2n) is 5.94. The van der Waals surface area contributed by atoms with E-state index in [0.29, 0.717) is 5.92 Å². The zero-order valence-electron chi connectivity index (χ0n) is 11.8. The van der Waals surface area contributed by atoms with Gasteiger partial charge in [-0.1, -0.05) is 18.2 Å². The summed E-state index contributed by atoms with van der Waals surface area (Å²) in [4.78, 5) is 12.3. The summed E-state index contributed by atoms with van der Waals surface area (Å²) >= 11 is 0. The lowest BCUT2D eigenvalue weighted by atomic mass is 9.96. The van der Waals surface area contributed by atoms with Gasteiger partial charge in [0.25, 0.3) is 0 Å². The Kier molecular flexibility index (Phi) is 3.05. The lowest BCUT2D eigenvalue weighted by molar-refractivity contribution is -0.127. The highest BCUT2D eigenvalue weighted by molar-refractivity contribution is 5.87. The van der Waals surface area contributed by atoms with Gasteiger partial charge in [-0.3, -0.25) is 4.79 Å². The van der Waals surface area contributed by atoms with Crippen molar-refractivity contribution in [2.45, 2.75) is 38.3 Å². The highest BCUT2D eigenvalue weighted by Gasteiger charge is 2.44. The lowest BCUT2D eigenvalue weighted by Crippen LogP contribution is -2.53. The van der Waals surface area contributed by atoms with E-state index in [9.17, 15) is 4.79 Å². The summed E-state index contributed by atoms with van der Waals surface area (Å²) in [6.45, 7) is 3.73. The molecule has 2 unspecified atom stereocenters. The Labute approximate surface area is 118 Å². The number of para-hydroxylation sites is 1. The second-order valence-corrected chi connectivity index (χ2v) is 5.94. The molecule has 0 radical (unpaired) electrons. The van der Waals surface area contributed by atoms with E-state index in [0.717, 1.165) is 29.6 Å². The van der Waals surface area contributed by atoms with Gasteiger partial charge >= 0.3 is 0 Å². The van der Waals surface area contributed by atoms with E-state index in [-0.39, 0.29) is 11.9 Å². The first-order valence-electron chi connectivity index (χ1n) is 7.07. The minimum absolute atomic E-state index is 0.104.